The molecule has 0 saturated heterocycles. The molecule has 0 atom stereocenters. The van der Waals surface area contributed by atoms with E-state index in [4.69, 9.17) is 0 Å². The van der Waals surface area contributed by atoms with Gasteiger partial charge in [0.25, 0.3) is 0 Å². The maximum absolute atomic E-state index is 11.1. The minimum absolute atomic E-state index is 0.529. The number of rotatable bonds is 4. The highest BCUT2D eigenvalue weighted by molar-refractivity contribution is 5.37. The first-order chi connectivity index (χ1) is 8.63. The molecule has 0 aliphatic heterocycles. The molecule has 0 spiro atoms. The first kappa shape index (κ1) is 12.6. The van der Waals surface area contributed by atoms with Gasteiger partial charge in [0, 0.05) is 6.42 Å². The smallest absolute Gasteiger partial charge is 0.118 e. The molecule has 0 radical (unpaired) electrons. The monoisotopic (exact) mass is 238 g/mol. The average Bonchev–Trinajstić information content (AvgIpc) is 2.40. The fourth-order valence-corrected chi connectivity index (χ4v) is 2.24. The zero-order chi connectivity index (χ0) is 13.0. The van der Waals surface area contributed by atoms with Crippen LogP contribution < -0.4 is 0 Å². The molecule has 2 aromatic rings. The number of benzene rings is 2. The van der Waals surface area contributed by atoms with Crippen molar-refractivity contribution >= 4 is 0 Å². The lowest BCUT2D eigenvalue weighted by Crippen LogP contribution is -2.27. The van der Waals surface area contributed by atoms with Gasteiger partial charge in [0.2, 0.25) is 0 Å². The van der Waals surface area contributed by atoms with Crippen molar-refractivity contribution in [2.45, 2.75) is 18.9 Å². The molecule has 1 nitrogen and oxygen atoms in total. The van der Waals surface area contributed by atoms with Gasteiger partial charge >= 0.3 is 0 Å². The minimum atomic E-state index is -0.992. The largest absolute Gasteiger partial charge is 0.380 e. The van der Waals surface area contributed by atoms with Crippen molar-refractivity contribution in [3.05, 3.63) is 83.9 Å². The van der Waals surface area contributed by atoms with Crippen LogP contribution in [-0.4, -0.2) is 5.11 Å². The Kier molecular flexibility index (Phi) is 3.63. The van der Waals surface area contributed by atoms with Crippen LogP contribution in [0.1, 0.15) is 24.5 Å². The van der Waals surface area contributed by atoms with Crippen LogP contribution in [0.2, 0.25) is 0 Å². The van der Waals surface area contributed by atoms with Gasteiger partial charge in [-0.1, -0.05) is 66.2 Å². The Balaban J connectivity index is 2.51. The summed E-state index contributed by atoms with van der Waals surface area (Å²) in [6, 6.07) is 19.5. The maximum atomic E-state index is 11.1. The Labute approximate surface area is 108 Å². The van der Waals surface area contributed by atoms with Crippen molar-refractivity contribution < 1.29 is 5.11 Å². The predicted molar refractivity (Wildman–Crippen MR) is 75.3 cm³/mol. The molecule has 0 fully saturated rings. The van der Waals surface area contributed by atoms with Crippen molar-refractivity contribution in [3.8, 4) is 0 Å². The molecule has 0 aliphatic rings. The molecule has 0 aromatic heterocycles. The minimum Gasteiger partial charge on any atom is -0.380 e. The summed E-state index contributed by atoms with van der Waals surface area (Å²) in [4.78, 5) is 0. The molecule has 2 aromatic carbocycles. The molecule has 18 heavy (non-hydrogen) atoms. The Morgan fingerprint density at radius 3 is 1.67 bits per heavy atom. The van der Waals surface area contributed by atoms with Crippen LogP contribution >= 0.6 is 0 Å². The van der Waals surface area contributed by atoms with Gasteiger partial charge in [0.05, 0.1) is 0 Å². The van der Waals surface area contributed by atoms with Gasteiger partial charge < -0.3 is 5.11 Å². The van der Waals surface area contributed by atoms with E-state index in [1.165, 1.54) is 0 Å². The third kappa shape index (κ3) is 2.52. The van der Waals surface area contributed by atoms with E-state index in [0.717, 1.165) is 16.7 Å². The number of hydrogen-bond donors (Lipinski definition) is 1. The topological polar surface area (TPSA) is 20.2 Å². The normalized spacial score (nSPS) is 11.2. The molecule has 2 rings (SSSR count). The summed E-state index contributed by atoms with van der Waals surface area (Å²) in [5.41, 5.74) is 1.78. The van der Waals surface area contributed by atoms with Crippen LogP contribution in [0, 0.1) is 0 Å². The standard InChI is InChI=1S/C17H18O/c1-14(2)13-17(18,15-9-5-3-6-10-15)16-11-7-4-8-12-16/h3-12,18H,1,13H2,2H3. The van der Waals surface area contributed by atoms with Crippen molar-refractivity contribution in [1.82, 2.24) is 0 Å². The summed E-state index contributed by atoms with van der Waals surface area (Å²) in [7, 11) is 0. The number of hydrogen-bond acceptors (Lipinski definition) is 1. The molecule has 0 aliphatic carbocycles. The van der Waals surface area contributed by atoms with Gasteiger partial charge in [-0.15, -0.1) is 6.58 Å². The molecule has 0 heterocycles. The fourth-order valence-electron chi connectivity index (χ4n) is 2.24. The van der Waals surface area contributed by atoms with Crippen LogP contribution in [0.4, 0.5) is 0 Å². The van der Waals surface area contributed by atoms with Gasteiger partial charge in [-0.2, -0.15) is 0 Å². The summed E-state index contributed by atoms with van der Waals surface area (Å²) in [5.74, 6) is 0. The lowest BCUT2D eigenvalue weighted by molar-refractivity contribution is 0.0813. The van der Waals surface area contributed by atoms with Crippen molar-refractivity contribution in [2.24, 2.45) is 0 Å². The van der Waals surface area contributed by atoms with E-state index in [9.17, 15) is 5.11 Å². The predicted octanol–water partition coefficient (Wildman–Crippen LogP) is 3.89. The van der Waals surface area contributed by atoms with Crippen molar-refractivity contribution in [1.29, 1.82) is 0 Å². The van der Waals surface area contributed by atoms with Gasteiger partial charge in [-0.25, -0.2) is 0 Å². The Hall–Kier alpha value is -1.86. The Bertz CT molecular complexity index is 474. The zero-order valence-electron chi connectivity index (χ0n) is 10.6. The molecule has 0 saturated carbocycles. The molecule has 0 amide bonds. The van der Waals surface area contributed by atoms with Crippen LogP contribution in [0.15, 0.2) is 72.8 Å². The van der Waals surface area contributed by atoms with Crippen LogP contribution in [0.3, 0.4) is 0 Å². The Morgan fingerprint density at radius 1 is 0.944 bits per heavy atom. The van der Waals surface area contributed by atoms with Gasteiger partial charge in [0.1, 0.15) is 5.60 Å². The van der Waals surface area contributed by atoms with E-state index in [-0.39, 0.29) is 0 Å². The average molecular weight is 238 g/mol. The van der Waals surface area contributed by atoms with Gasteiger partial charge in [0.15, 0.2) is 0 Å². The lowest BCUT2D eigenvalue weighted by Gasteiger charge is -2.29. The van der Waals surface area contributed by atoms with E-state index in [0.29, 0.717) is 6.42 Å². The van der Waals surface area contributed by atoms with Gasteiger partial charge in [-0.3, -0.25) is 0 Å². The van der Waals surface area contributed by atoms with Crippen LogP contribution in [0.5, 0.6) is 0 Å². The highest BCUT2D eigenvalue weighted by Crippen LogP contribution is 2.34. The molecule has 1 N–H and O–H groups in total. The van der Waals surface area contributed by atoms with E-state index < -0.39 is 5.60 Å². The van der Waals surface area contributed by atoms with E-state index >= 15 is 0 Å². The quantitative estimate of drug-likeness (QED) is 0.801. The zero-order valence-corrected chi connectivity index (χ0v) is 10.6. The summed E-state index contributed by atoms with van der Waals surface area (Å²) in [5, 5.41) is 11.1. The lowest BCUT2D eigenvalue weighted by atomic mass is 9.82. The highest BCUT2D eigenvalue weighted by Gasteiger charge is 2.30. The van der Waals surface area contributed by atoms with Gasteiger partial charge in [-0.05, 0) is 18.1 Å². The molecular weight excluding hydrogens is 220 g/mol. The second-order valence-corrected chi connectivity index (χ2v) is 4.73. The van der Waals surface area contributed by atoms with Crippen LogP contribution in [-0.2, 0) is 5.60 Å². The first-order valence-electron chi connectivity index (χ1n) is 6.11. The molecular formula is C17H18O. The third-order valence-electron chi connectivity index (χ3n) is 3.06. The fraction of sp³-hybridized carbons (Fsp3) is 0.176. The SMILES string of the molecule is C=C(C)CC(O)(c1ccccc1)c1ccccc1. The van der Waals surface area contributed by atoms with E-state index in [2.05, 4.69) is 6.58 Å². The third-order valence-corrected chi connectivity index (χ3v) is 3.06. The van der Waals surface area contributed by atoms with E-state index in [1.807, 2.05) is 67.6 Å². The summed E-state index contributed by atoms with van der Waals surface area (Å²) in [6.07, 6.45) is 0.529. The second-order valence-electron chi connectivity index (χ2n) is 4.73. The molecule has 0 bridgehead atoms. The maximum Gasteiger partial charge on any atom is 0.118 e. The molecule has 1 heteroatoms. The van der Waals surface area contributed by atoms with Crippen LogP contribution in [0.25, 0.3) is 0 Å². The van der Waals surface area contributed by atoms with E-state index in [1.54, 1.807) is 0 Å². The first-order valence-corrected chi connectivity index (χ1v) is 6.11. The second kappa shape index (κ2) is 5.19. The summed E-state index contributed by atoms with van der Waals surface area (Å²) < 4.78 is 0. The summed E-state index contributed by atoms with van der Waals surface area (Å²) >= 11 is 0. The molecule has 0 unspecified atom stereocenters. The number of aliphatic hydroxyl groups is 1. The summed E-state index contributed by atoms with van der Waals surface area (Å²) in [6.45, 7) is 5.87. The van der Waals surface area contributed by atoms with Crippen molar-refractivity contribution in [3.63, 3.8) is 0 Å². The highest BCUT2D eigenvalue weighted by atomic mass is 16.3. The van der Waals surface area contributed by atoms with Crippen molar-refractivity contribution in [2.75, 3.05) is 0 Å². The molecule has 92 valence electrons. The Morgan fingerprint density at radius 2 is 1.33 bits per heavy atom.